The van der Waals surface area contributed by atoms with Crippen molar-refractivity contribution < 1.29 is 18.7 Å². The molecule has 2 heterocycles. The molecule has 0 unspecified atom stereocenters. The maximum Gasteiger partial charge on any atom is 0.257 e. The lowest BCUT2D eigenvalue weighted by molar-refractivity contribution is -0.116. The van der Waals surface area contributed by atoms with Crippen molar-refractivity contribution in [2.75, 3.05) is 25.0 Å². The van der Waals surface area contributed by atoms with E-state index in [1.807, 2.05) is 32.0 Å². The van der Waals surface area contributed by atoms with Crippen LogP contribution in [0.25, 0.3) is 0 Å². The van der Waals surface area contributed by atoms with Gasteiger partial charge in [0.2, 0.25) is 5.91 Å². The van der Waals surface area contributed by atoms with E-state index in [4.69, 9.17) is 9.15 Å². The summed E-state index contributed by atoms with van der Waals surface area (Å²) in [6.07, 6.45) is 3.70. The van der Waals surface area contributed by atoms with Crippen LogP contribution in [0.15, 0.2) is 34.9 Å². The van der Waals surface area contributed by atoms with E-state index in [0.29, 0.717) is 24.4 Å². The molecular formula is C22H28N2O4. The summed E-state index contributed by atoms with van der Waals surface area (Å²) in [7, 11) is 0. The molecule has 0 aliphatic carbocycles. The third-order valence-corrected chi connectivity index (χ3v) is 5.22. The minimum Gasteiger partial charge on any atom is -0.469 e. The van der Waals surface area contributed by atoms with Gasteiger partial charge in [-0.15, -0.1) is 0 Å². The Kier molecular flexibility index (Phi) is 6.52. The molecule has 28 heavy (non-hydrogen) atoms. The van der Waals surface area contributed by atoms with Gasteiger partial charge >= 0.3 is 0 Å². The Labute approximate surface area is 165 Å². The normalized spacial score (nSPS) is 16.2. The summed E-state index contributed by atoms with van der Waals surface area (Å²) in [6.45, 7) is 7.36. The Bertz CT molecular complexity index is 837. The van der Waals surface area contributed by atoms with Gasteiger partial charge in [0, 0.05) is 31.8 Å². The highest BCUT2D eigenvalue weighted by Gasteiger charge is 2.25. The number of rotatable bonds is 7. The minimum atomic E-state index is -0.124. The number of hydrogen-bond donors (Lipinski definition) is 1. The maximum atomic E-state index is 12.9. The van der Waals surface area contributed by atoms with Crippen molar-refractivity contribution in [3.05, 3.63) is 53.0 Å². The zero-order chi connectivity index (χ0) is 20.1. The van der Waals surface area contributed by atoms with E-state index >= 15 is 0 Å². The molecule has 0 saturated carbocycles. The molecule has 1 saturated heterocycles. The number of nitrogens with one attached hydrogen (secondary N) is 1. The SMILES string of the molecule is Cc1ccc(NC(=O)CCN(C[C@H]2CCCO2)C(=O)c2ccoc2C)cc1C. The van der Waals surface area contributed by atoms with Gasteiger partial charge in [-0.1, -0.05) is 6.07 Å². The fourth-order valence-electron chi connectivity index (χ4n) is 3.37. The number of benzene rings is 1. The predicted molar refractivity (Wildman–Crippen MR) is 107 cm³/mol. The van der Waals surface area contributed by atoms with Gasteiger partial charge in [-0.3, -0.25) is 9.59 Å². The summed E-state index contributed by atoms with van der Waals surface area (Å²) in [5.74, 6) is 0.347. The Morgan fingerprint density at radius 3 is 2.64 bits per heavy atom. The van der Waals surface area contributed by atoms with Crippen molar-refractivity contribution in [3.8, 4) is 0 Å². The second-order valence-electron chi connectivity index (χ2n) is 7.37. The topological polar surface area (TPSA) is 71.8 Å². The molecule has 1 aromatic carbocycles. The van der Waals surface area contributed by atoms with Crippen molar-refractivity contribution in [2.24, 2.45) is 0 Å². The molecule has 1 aromatic heterocycles. The van der Waals surface area contributed by atoms with Gasteiger partial charge < -0.3 is 19.4 Å². The van der Waals surface area contributed by atoms with Gasteiger partial charge in [-0.2, -0.15) is 0 Å². The summed E-state index contributed by atoms with van der Waals surface area (Å²) in [5.41, 5.74) is 3.62. The van der Waals surface area contributed by atoms with E-state index in [1.54, 1.807) is 17.9 Å². The van der Waals surface area contributed by atoms with Crippen molar-refractivity contribution >= 4 is 17.5 Å². The summed E-state index contributed by atoms with van der Waals surface area (Å²) < 4.78 is 11.0. The van der Waals surface area contributed by atoms with Crippen molar-refractivity contribution in [1.82, 2.24) is 4.90 Å². The van der Waals surface area contributed by atoms with Gasteiger partial charge in [-0.25, -0.2) is 0 Å². The van der Waals surface area contributed by atoms with Crippen LogP contribution < -0.4 is 5.32 Å². The zero-order valence-electron chi connectivity index (χ0n) is 16.8. The van der Waals surface area contributed by atoms with Crippen LogP contribution in [-0.4, -0.2) is 42.5 Å². The average Bonchev–Trinajstić information content (AvgIpc) is 3.32. The lowest BCUT2D eigenvalue weighted by atomic mass is 10.1. The maximum absolute atomic E-state index is 12.9. The number of anilines is 1. The number of ether oxygens (including phenoxy) is 1. The first kappa shape index (κ1) is 20.1. The van der Waals surface area contributed by atoms with Crippen LogP contribution in [0, 0.1) is 20.8 Å². The molecule has 2 amide bonds. The van der Waals surface area contributed by atoms with E-state index in [0.717, 1.165) is 30.7 Å². The second-order valence-corrected chi connectivity index (χ2v) is 7.37. The number of carbonyl (C=O) groups excluding carboxylic acids is 2. The fraction of sp³-hybridized carbons (Fsp3) is 0.455. The van der Waals surface area contributed by atoms with Crippen LogP contribution in [-0.2, 0) is 9.53 Å². The molecule has 2 aromatic rings. The smallest absolute Gasteiger partial charge is 0.257 e. The van der Waals surface area contributed by atoms with E-state index in [9.17, 15) is 9.59 Å². The third-order valence-electron chi connectivity index (χ3n) is 5.22. The van der Waals surface area contributed by atoms with E-state index < -0.39 is 0 Å². The Balaban J connectivity index is 1.63. The monoisotopic (exact) mass is 384 g/mol. The molecule has 6 heteroatoms. The van der Waals surface area contributed by atoms with E-state index in [2.05, 4.69) is 5.32 Å². The molecule has 1 aliphatic rings. The van der Waals surface area contributed by atoms with Crippen LogP contribution in [0.1, 0.15) is 46.5 Å². The zero-order valence-corrected chi connectivity index (χ0v) is 16.8. The van der Waals surface area contributed by atoms with Gasteiger partial charge in [0.1, 0.15) is 5.76 Å². The van der Waals surface area contributed by atoms with Crippen molar-refractivity contribution in [3.63, 3.8) is 0 Å². The molecule has 0 bridgehead atoms. The van der Waals surface area contributed by atoms with Crippen LogP contribution in [0.3, 0.4) is 0 Å². The molecule has 0 spiro atoms. The van der Waals surface area contributed by atoms with Gasteiger partial charge in [-0.05, 0) is 62.9 Å². The van der Waals surface area contributed by atoms with E-state index in [1.165, 1.54) is 11.8 Å². The summed E-state index contributed by atoms with van der Waals surface area (Å²) in [4.78, 5) is 27.1. The van der Waals surface area contributed by atoms with Crippen LogP contribution >= 0.6 is 0 Å². The van der Waals surface area contributed by atoms with Crippen molar-refractivity contribution in [2.45, 2.75) is 46.1 Å². The number of amides is 2. The number of nitrogens with zero attached hydrogens (tertiary/aromatic N) is 1. The lowest BCUT2D eigenvalue weighted by Gasteiger charge is -2.25. The summed E-state index contributed by atoms with van der Waals surface area (Å²) >= 11 is 0. The highest BCUT2D eigenvalue weighted by molar-refractivity contribution is 5.96. The number of furan rings is 1. The van der Waals surface area contributed by atoms with E-state index in [-0.39, 0.29) is 24.3 Å². The highest BCUT2D eigenvalue weighted by atomic mass is 16.5. The largest absolute Gasteiger partial charge is 0.469 e. The summed E-state index contributed by atoms with van der Waals surface area (Å²) in [5, 5.41) is 2.92. The Morgan fingerprint density at radius 2 is 2.00 bits per heavy atom. The number of aryl methyl sites for hydroxylation is 3. The molecule has 3 rings (SSSR count). The van der Waals surface area contributed by atoms with Crippen molar-refractivity contribution in [1.29, 1.82) is 0 Å². The quantitative estimate of drug-likeness (QED) is 0.787. The second kappa shape index (κ2) is 9.06. The molecule has 150 valence electrons. The molecule has 1 N–H and O–H groups in total. The lowest BCUT2D eigenvalue weighted by Crippen LogP contribution is -2.39. The summed E-state index contributed by atoms with van der Waals surface area (Å²) in [6, 6.07) is 7.51. The van der Waals surface area contributed by atoms with Crippen LogP contribution in [0.5, 0.6) is 0 Å². The standard InChI is InChI=1S/C22H28N2O4/c1-15-6-7-18(13-16(15)2)23-21(25)8-10-24(14-19-5-4-11-28-19)22(26)20-9-12-27-17(20)3/h6-7,9,12-13,19H,4-5,8,10-11,14H2,1-3H3,(H,23,25)/t19-/m1/s1. The number of carbonyl (C=O) groups is 2. The highest BCUT2D eigenvalue weighted by Crippen LogP contribution is 2.18. The minimum absolute atomic E-state index is 0.0268. The van der Waals surface area contributed by atoms with Gasteiger partial charge in [0.15, 0.2) is 0 Å². The first-order chi connectivity index (χ1) is 13.4. The predicted octanol–water partition coefficient (Wildman–Crippen LogP) is 3.85. The molecule has 1 atom stereocenters. The molecule has 1 aliphatic heterocycles. The Morgan fingerprint density at radius 1 is 1.18 bits per heavy atom. The molecule has 6 nitrogen and oxygen atoms in total. The molecule has 0 radical (unpaired) electrons. The number of hydrogen-bond acceptors (Lipinski definition) is 4. The first-order valence-corrected chi connectivity index (χ1v) is 9.76. The van der Waals surface area contributed by atoms with Gasteiger partial charge in [0.05, 0.1) is 17.9 Å². The van der Waals surface area contributed by atoms with Crippen LogP contribution in [0.4, 0.5) is 5.69 Å². The van der Waals surface area contributed by atoms with Crippen LogP contribution in [0.2, 0.25) is 0 Å². The molecular weight excluding hydrogens is 356 g/mol. The third kappa shape index (κ3) is 5.01. The first-order valence-electron chi connectivity index (χ1n) is 9.76. The fourth-order valence-corrected chi connectivity index (χ4v) is 3.37. The molecule has 1 fully saturated rings. The average molecular weight is 384 g/mol. The Hall–Kier alpha value is -2.60. The van der Waals surface area contributed by atoms with Gasteiger partial charge in [0.25, 0.3) is 5.91 Å².